The zero-order chi connectivity index (χ0) is 94.6. The first kappa shape index (κ1) is 104. The van der Waals surface area contributed by atoms with Gasteiger partial charge in [0.25, 0.3) is 0 Å². The fourth-order valence-electron chi connectivity index (χ4n) is 16.0. The third-order valence-corrected chi connectivity index (χ3v) is 23.5. The normalized spacial score (nSPS) is 11.8. The van der Waals surface area contributed by atoms with Crippen molar-refractivity contribution in [2.24, 2.45) is 0 Å². The van der Waals surface area contributed by atoms with Crippen LogP contribution in [0.1, 0.15) is 248 Å². The minimum absolute atomic E-state index is 0.0319. The molecule has 0 aliphatic carbocycles. The topological polar surface area (TPSA) is 46.2 Å². The maximum atomic E-state index is 15.0. The number of ether oxygens (including phenoxy) is 5. The van der Waals surface area contributed by atoms with Crippen LogP contribution in [0, 0.1) is 173 Å². The molecule has 0 unspecified atom stereocenters. The van der Waals surface area contributed by atoms with E-state index in [1.165, 1.54) is 0 Å². The highest BCUT2D eigenvalue weighted by Crippen LogP contribution is 2.44. The highest BCUT2D eigenvalue weighted by atomic mass is 19.3. The van der Waals surface area contributed by atoms with Crippen molar-refractivity contribution in [3.63, 3.8) is 0 Å². The quantitative estimate of drug-likeness (QED) is 0.0278. The lowest BCUT2D eigenvalue weighted by molar-refractivity contribution is -0.187. The lowest BCUT2D eigenvalue weighted by Gasteiger charge is -2.23. The van der Waals surface area contributed by atoms with Crippen molar-refractivity contribution in [2.45, 2.75) is 276 Å². The Morgan fingerprint density at radius 2 is 0.437 bits per heavy atom. The van der Waals surface area contributed by atoms with Crippen LogP contribution in [0.15, 0.2) is 171 Å². The van der Waals surface area contributed by atoms with E-state index in [-0.39, 0.29) is 56.6 Å². The molecule has 0 aliphatic heterocycles. The van der Waals surface area contributed by atoms with Crippen LogP contribution in [-0.4, -0.2) is 0 Å². The number of allylic oxidation sites excluding steroid dienone is 6. The number of rotatable bonds is 28. The largest absolute Gasteiger partial charge is 0.429 e. The Kier molecular flexibility index (Phi) is 37.2. The van der Waals surface area contributed by atoms with Gasteiger partial charge in [0.1, 0.15) is 28.7 Å². The third kappa shape index (κ3) is 28.1. The zero-order valence-electron chi connectivity index (χ0n) is 79.6. The van der Waals surface area contributed by atoms with Gasteiger partial charge in [0, 0.05) is 0 Å². The predicted molar refractivity (Wildman–Crippen MR) is 504 cm³/mol. The van der Waals surface area contributed by atoms with E-state index in [2.05, 4.69) is 25.3 Å². The van der Waals surface area contributed by atoms with Crippen LogP contribution in [-0.2, 0) is 49.8 Å². The van der Waals surface area contributed by atoms with E-state index in [1.807, 2.05) is 191 Å². The number of unbranched alkanes of at least 4 members (excludes halogenated alkanes) is 2. The number of benzene rings is 10. The van der Waals surface area contributed by atoms with Crippen LogP contribution in [0.2, 0.25) is 0 Å². The molecule has 126 heavy (non-hydrogen) atoms. The van der Waals surface area contributed by atoms with E-state index >= 15 is 0 Å². The van der Waals surface area contributed by atoms with Crippen LogP contribution >= 0.6 is 0 Å². The molecule has 15 heteroatoms. The molecule has 0 amide bonds. The van der Waals surface area contributed by atoms with Crippen LogP contribution < -0.4 is 23.7 Å². The highest BCUT2D eigenvalue weighted by molar-refractivity contribution is 5.57. The lowest BCUT2D eigenvalue weighted by Crippen LogP contribution is -2.25. The second-order valence-corrected chi connectivity index (χ2v) is 33.8. The van der Waals surface area contributed by atoms with Crippen LogP contribution in [0.5, 0.6) is 28.7 Å². The molecular formula is C111H132F10O5. The van der Waals surface area contributed by atoms with E-state index in [0.717, 1.165) is 163 Å². The fourth-order valence-corrected chi connectivity index (χ4v) is 16.0. The average molecular weight is 1740 g/mol. The first-order valence-electron chi connectivity index (χ1n) is 43.1. The number of hydrogen-bond donors (Lipinski definition) is 0. The Morgan fingerprint density at radius 1 is 0.238 bits per heavy atom. The van der Waals surface area contributed by atoms with Gasteiger partial charge in [-0.25, -0.2) is 0 Å². The Morgan fingerprint density at radius 3 is 0.643 bits per heavy atom. The molecule has 0 heterocycles. The van der Waals surface area contributed by atoms with Gasteiger partial charge in [0.15, 0.2) is 0 Å². The van der Waals surface area contributed by atoms with Crippen LogP contribution in [0.4, 0.5) is 43.9 Å². The molecule has 0 saturated carbocycles. The van der Waals surface area contributed by atoms with Crippen LogP contribution in [0.3, 0.4) is 0 Å². The summed E-state index contributed by atoms with van der Waals surface area (Å²) >= 11 is 0. The van der Waals surface area contributed by atoms with Crippen molar-refractivity contribution in [3.8, 4) is 28.7 Å². The Bertz CT molecular complexity index is 5360. The van der Waals surface area contributed by atoms with Gasteiger partial charge in [0.2, 0.25) is 0 Å². The fraction of sp³-hybridized carbons (Fsp3) is 0.369. The molecule has 0 saturated heterocycles. The molecular weight excluding hydrogens is 1600 g/mol. The molecule has 0 atom stereocenters. The number of halogens is 10. The summed E-state index contributed by atoms with van der Waals surface area (Å²) in [4.78, 5) is 0. The summed E-state index contributed by atoms with van der Waals surface area (Å²) in [5, 5.41) is 0. The van der Waals surface area contributed by atoms with Crippen molar-refractivity contribution < 1.29 is 67.6 Å². The molecule has 0 spiro atoms. The van der Waals surface area contributed by atoms with E-state index in [1.54, 1.807) is 160 Å². The van der Waals surface area contributed by atoms with E-state index in [0.29, 0.717) is 55.6 Å². The highest BCUT2D eigenvalue weighted by Gasteiger charge is 2.43. The van der Waals surface area contributed by atoms with Crippen molar-refractivity contribution in [2.75, 3.05) is 0 Å². The SMILES string of the molecule is C/C=C/CCCc1cc(C)c(C(F)(F)Oc2cc(C)c(C)c(C)c2)c(C)c1.C/C=C/CCc1cc(C)c(C(F)(F)Oc2cc(C)c(C)c(C)c2)c(C)c1.C/C=C/c1cc(C)c(C(F)(F)Oc2cc(C)c(C)c(C)c2)c(C)c1.C=CCCCc1cc(C)c(C(F)(F)Oc2cc(C)c(C)c(C)c2)c(C)c1.C=Cc1cc(C)c(C(F)(F)Oc2cc(C)c(C)c(C)c2)c(C)c1. The molecule has 0 bridgehead atoms. The summed E-state index contributed by atoms with van der Waals surface area (Å²) in [7, 11) is 0. The Labute approximate surface area is 745 Å². The van der Waals surface area contributed by atoms with Gasteiger partial charge in [-0.1, -0.05) is 116 Å². The van der Waals surface area contributed by atoms with Gasteiger partial charge in [-0.2, -0.15) is 43.9 Å². The van der Waals surface area contributed by atoms with Crippen LogP contribution in [0.25, 0.3) is 12.2 Å². The molecule has 10 aromatic carbocycles. The van der Waals surface area contributed by atoms with Crippen molar-refractivity contribution in [1.29, 1.82) is 0 Å². The van der Waals surface area contributed by atoms with Crippen molar-refractivity contribution >= 4 is 12.2 Å². The molecule has 0 fully saturated rings. The van der Waals surface area contributed by atoms with E-state index in [4.69, 9.17) is 23.7 Å². The number of hydrogen-bond acceptors (Lipinski definition) is 5. The second kappa shape index (κ2) is 45.1. The van der Waals surface area contributed by atoms with Crippen molar-refractivity contribution in [1.82, 2.24) is 0 Å². The standard InChI is InChI=1S/C24H30F2O.2C23H28F2O.C21H24F2O.C20H22F2O/c1-7-8-9-10-11-21-12-18(4)23(19(5)13-21)24(25,26)27-22-14-16(2)20(6)17(3)15-22;2*1-7-8-9-10-20-11-17(4)22(18(5)12-20)23(24,25)26-21-13-15(2)19(6)16(3)14-21;1-7-8-18-9-15(4)20(16(5)10-18)21(22,23)24-19-11-13(2)17(6)14(3)12-19;1-7-17-8-14(4)19(15(5)9-17)20(21,22)23-18-10-12(2)16(6)13(3)11-18/h7-8,12-15H,9-11H2,1-6H3;7-8,11-14H,9-10H2,1-6H3;7,11-14H,1,8-10H2,2-6H3;7-12H,1-6H3;7-11H,1H2,2-6H3/b2*8-7+;;8-7+;. The molecule has 676 valence electrons. The summed E-state index contributed by atoms with van der Waals surface area (Å²) in [5.74, 6) is 0.977. The van der Waals surface area contributed by atoms with Crippen molar-refractivity contribution in [3.05, 3.63) is 366 Å². The second-order valence-electron chi connectivity index (χ2n) is 33.8. The molecule has 0 radical (unpaired) electrons. The zero-order valence-corrected chi connectivity index (χ0v) is 79.6. The van der Waals surface area contributed by atoms with Gasteiger partial charge < -0.3 is 23.7 Å². The molecule has 0 N–H and O–H groups in total. The van der Waals surface area contributed by atoms with Gasteiger partial charge in [-0.15, -0.1) is 6.58 Å². The number of alkyl halides is 10. The first-order chi connectivity index (χ1) is 58.8. The summed E-state index contributed by atoms with van der Waals surface area (Å²) in [5.41, 5.74) is 25.0. The Hall–Kier alpha value is -10.8. The maximum absolute atomic E-state index is 15.0. The van der Waals surface area contributed by atoms with E-state index in [9.17, 15) is 43.9 Å². The van der Waals surface area contributed by atoms with Gasteiger partial charge in [0.05, 0.1) is 27.8 Å². The molecule has 5 nitrogen and oxygen atoms in total. The minimum atomic E-state index is -3.39. The number of aryl methyl sites for hydroxylation is 23. The molecule has 0 aromatic heterocycles. The minimum Gasteiger partial charge on any atom is -0.429 e. The average Bonchev–Trinajstić information content (AvgIpc) is 0.800. The summed E-state index contributed by atoms with van der Waals surface area (Å²) in [6.07, 6.45) is 6.07. The monoisotopic (exact) mass is 1730 g/mol. The Balaban J connectivity index is 0.000000243. The summed E-state index contributed by atoms with van der Waals surface area (Å²) < 4.78 is 174. The first-order valence-corrected chi connectivity index (χ1v) is 43.1. The molecule has 0 aliphatic rings. The van der Waals surface area contributed by atoms with Gasteiger partial charge in [-0.05, 0) is 473 Å². The lowest BCUT2D eigenvalue weighted by atomic mass is 9.96. The predicted octanol–water partition coefficient (Wildman–Crippen LogP) is 33.4. The summed E-state index contributed by atoms with van der Waals surface area (Å²) in [6.45, 7) is 59.3. The summed E-state index contributed by atoms with van der Waals surface area (Å²) in [6, 6.07) is 34.7. The molecule has 10 aromatic rings. The smallest absolute Gasteiger partial charge is 0.427 e. The van der Waals surface area contributed by atoms with E-state index < -0.39 is 30.5 Å². The van der Waals surface area contributed by atoms with Gasteiger partial charge in [-0.3, -0.25) is 0 Å². The maximum Gasteiger partial charge on any atom is 0.427 e. The molecule has 10 rings (SSSR count). The third-order valence-electron chi connectivity index (χ3n) is 23.5. The van der Waals surface area contributed by atoms with Gasteiger partial charge >= 0.3 is 30.5 Å².